The van der Waals surface area contributed by atoms with Crippen molar-refractivity contribution in [3.05, 3.63) is 84.0 Å². The molecule has 0 aromatic heterocycles. The summed E-state index contributed by atoms with van der Waals surface area (Å²) in [6.07, 6.45) is 15.7. The molecule has 5 nitrogen and oxygen atoms in total. The van der Waals surface area contributed by atoms with Crippen LogP contribution in [0.2, 0.25) is 0 Å². The molecule has 5 heteroatoms. The molecule has 0 radical (unpaired) electrons. The van der Waals surface area contributed by atoms with Gasteiger partial charge in [0.15, 0.2) is 0 Å². The van der Waals surface area contributed by atoms with E-state index in [1.54, 1.807) is 20.3 Å². The van der Waals surface area contributed by atoms with Crippen molar-refractivity contribution in [2.45, 2.75) is 76.6 Å². The Morgan fingerprint density at radius 2 is 1.78 bits per heavy atom. The lowest BCUT2D eigenvalue weighted by Gasteiger charge is -2.17. The minimum absolute atomic E-state index is 0.260. The Morgan fingerprint density at radius 1 is 0.972 bits per heavy atom. The molecular formula is C31H40O5. The molecule has 0 saturated heterocycles. The van der Waals surface area contributed by atoms with Crippen LogP contribution in [0.3, 0.4) is 0 Å². The summed E-state index contributed by atoms with van der Waals surface area (Å²) in [4.78, 5) is 12.3. The van der Waals surface area contributed by atoms with Gasteiger partial charge in [-0.3, -0.25) is 0 Å². The van der Waals surface area contributed by atoms with Crippen molar-refractivity contribution in [3.63, 3.8) is 0 Å². The van der Waals surface area contributed by atoms with Gasteiger partial charge in [-0.15, -0.1) is 6.58 Å². The van der Waals surface area contributed by atoms with E-state index in [2.05, 4.69) is 43.0 Å². The fourth-order valence-electron chi connectivity index (χ4n) is 4.53. The molecule has 1 heterocycles. The van der Waals surface area contributed by atoms with Crippen molar-refractivity contribution < 1.29 is 23.7 Å². The second-order valence-electron chi connectivity index (χ2n) is 9.16. The highest BCUT2D eigenvalue weighted by molar-refractivity contribution is 5.97. The van der Waals surface area contributed by atoms with Gasteiger partial charge in [0.2, 0.25) is 0 Å². The van der Waals surface area contributed by atoms with Crippen LogP contribution in [0, 0.1) is 0 Å². The maximum atomic E-state index is 12.3. The Kier molecular flexibility index (Phi) is 11.6. The van der Waals surface area contributed by atoms with E-state index in [9.17, 15) is 4.79 Å². The first-order chi connectivity index (χ1) is 17.7. The summed E-state index contributed by atoms with van der Waals surface area (Å²) < 4.78 is 22.5. The molecule has 2 aromatic rings. The third kappa shape index (κ3) is 8.27. The topological polar surface area (TPSA) is 54.0 Å². The SMILES string of the molecule is C=CCCC(CCCCC/C=C/CCC1OC(=O)c2c(OC)cc(OC)cc21)OCc1ccccc1. The third-order valence-electron chi connectivity index (χ3n) is 6.54. The Labute approximate surface area is 216 Å². The van der Waals surface area contributed by atoms with E-state index >= 15 is 0 Å². The van der Waals surface area contributed by atoms with Crippen molar-refractivity contribution in [1.29, 1.82) is 0 Å². The number of methoxy groups -OCH3 is 2. The Balaban J connectivity index is 1.34. The Hall–Kier alpha value is -3.05. The Bertz CT molecular complexity index is 982. The molecule has 0 fully saturated rings. The van der Waals surface area contributed by atoms with E-state index in [1.807, 2.05) is 18.2 Å². The first-order valence-electron chi connectivity index (χ1n) is 13.0. The highest BCUT2D eigenvalue weighted by Crippen LogP contribution is 2.41. The number of hydrogen-bond acceptors (Lipinski definition) is 5. The van der Waals surface area contributed by atoms with Crippen LogP contribution in [-0.2, 0) is 16.1 Å². The molecule has 2 unspecified atom stereocenters. The zero-order chi connectivity index (χ0) is 25.6. The van der Waals surface area contributed by atoms with Gasteiger partial charge in [0.05, 0.1) is 26.9 Å². The monoisotopic (exact) mass is 492 g/mol. The molecule has 2 atom stereocenters. The molecule has 0 spiro atoms. The summed E-state index contributed by atoms with van der Waals surface area (Å²) in [5, 5.41) is 0. The summed E-state index contributed by atoms with van der Waals surface area (Å²) in [6.45, 7) is 4.53. The van der Waals surface area contributed by atoms with Gasteiger partial charge in [0, 0.05) is 11.6 Å². The van der Waals surface area contributed by atoms with E-state index in [0.717, 1.165) is 44.1 Å². The molecule has 0 bridgehead atoms. The molecule has 0 aliphatic carbocycles. The molecule has 1 aliphatic rings. The minimum Gasteiger partial charge on any atom is -0.497 e. The minimum atomic E-state index is -0.322. The fraction of sp³-hybridized carbons (Fsp3) is 0.452. The lowest BCUT2D eigenvalue weighted by molar-refractivity contribution is 0.0284. The number of rotatable bonds is 17. The van der Waals surface area contributed by atoms with Gasteiger partial charge < -0.3 is 18.9 Å². The van der Waals surface area contributed by atoms with Gasteiger partial charge in [-0.1, -0.05) is 61.4 Å². The molecule has 3 rings (SSSR count). The first-order valence-corrected chi connectivity index (χ1v) is 13.0. The van der Waals surface area contributed by atoms with Gasteiger partial charge in [-0.2, -0.15) is 0 Å². The van der Waals surface area contributed by atoms with Crippen LogP contribution >= 0.6 is 0 Å². The number of cyclic esters (lactones) is 1. The normalized spacial score (nSPS) is 15.5. The summed E-state index contributed by atoms with van der Waals surface area (Å²) in [5.74, 6) is 0.851. The number of esters is 1. The number of unbranched alkanes of at least 4 members (excludes halogenated alkanes) is 3. The third-order valence-corrected chi connectivity index (χ3v) is 6.54. The summed E-state index contributed by atoms with van der Waals surface area (Å²) in [5.41, 5.74) is 2.59. The average molecular weight is 493 g/mol. The number of carbonyl (C=O) groups excluding carboxylic acids is 1. The van der Waals surface area contributed by atoms with Crippen LogP contribution in [0.15, 0.2) is 67.3 Å². The number of carbonyl (C=O) groups is 1. The lowest BCUT2D eigenvalue weighted by atomic mass is 10.00. The highest BCUT2D eigenvalue weighted by Gasteiger charge is 2.34. The Morgan fingerprint density at radius 3 is 2.53 bits per heavy atom. The summed E-state index contributed by atoms with van der Waals surface area (Å²) >= 11 is 0. The van der Waals surface area contributed by atoms with E-state index in [4.69, 9.17) is 18.9 Å². The molecule has 194 valence electrons. The van der Waals surface area contributed by atoms with Crippen LogP contribution in [0.25, 0.3) is 0 Å². The molecular weight excluding hydrogens is 452 g/mol. The second-order valence-corrected chi connectivity index (χ2v) is 9.16. The van der Waals surface area contributed by atoms with Gasteiger partial charge in [-0.25, -0.2) is 4.79 Å². The van der Waals surface area contributed by atoms with Gasteiger partial charge in [0.25, 0.3) is 0 Å². The van der Waals surface area contributed by atoms with E-state index in [1.165, 1.54) is 24.8 Å². The number of fused-ring (bicyclic) bond motifs is 1. The first kappa shape index (κ1) is 27.5. The number of hydrogen-bond donors (Lipinski definition) is 0. The van der Waals surface area contributed by atoms with Gasteiger partial charge >= 0.3 is 5.97 Å². The largest absolute Gasteiger partial charge is 0.497 e. The van der Waals surface area contributed by atoms with Crippen molar-refractivity contribution in [2.75, 3.05) is 14.2 Å². The smallest absolute Gasteiger partial charge is 0.342 e. The van der Waals surface area contributed by atoms with Crippen LogP contribution < -0.4 is 9.47 Å². The predicted molar refractivity (Wildman–Crippen MR) is 144 cm³/mol. The number of ether oxygens (including phenoxy) is 4. The van der Waals surface area contributed by atoms with Crippen LogP contribution in [0.5, 0.6) is 11.5 Å². The van der Waals surface area contributed by atoms with Crippen LogP contribution in [-0.4, -0.2) is 26.3 Å². The van der Waals surface area contributed by atoms with E-state index in [0.29, 0.717) is 23.7 Å². The highest BCUT2D eigenvalue weighted by atomic mass is 16.6. The predicted octanol–water partition coefficient (Wildman–Crippen LogP) is 7.75. The number of benzene rings is 2. The zero-order valence-corrected chi connectivity index (χ0v) is 21.7. The average Bonchev–Trinajstić information content (AvgIpc) is 3.23. The lowest BCUT2D eigenvalue weighted by Crippen LogP contribution is -2.12. The van der Waals surface area contributed by atoms with Gasteiger partial charge in [-0.05, 0) is 56.6 Å². The van der Waals surface area contributed by atoms with Crippen molar-refractivity contribution in [3.8, 4) is 11.5 Å². The van der Waals surface area contributed by atoms with Crippen LogP contribution in [0.4, 0.5) is 0 Å². The number of allylic oxidation sites excluding steroid dienone is 3. The van der Waals surface area contributed by atoms with Crippen molar-refractivity contribution in [2.24, 2.45) is 0 Å². The van der Waals surface area contributed by atoms with Crippen molar-refractivity contribution in [1.82, 2.24) is 0 Å². The van der Waals surface area contributed by atoms with Crippen molar-refractivity contribution >= 4 is 5.97 Å². The molecule has 36 heavy (non-hydrogen) atoms. The van der Waals surface area contributed by atoms with Crippen LogP contribution in [0.1, 0.15) is 85.4 Å². The quantitative estimate of drug-likeness (QED) is 0.128. The maximum Gasteiger partial charge on any atom is 0.342 e. The van der Waals surface area contributed by atoms with Gasteiger partial charge in [0.1, 0.15) is 23.2 Å². The summed E-state index contributed by atoms with van der Waals surface area (Å²) in [6, 6.07) is 14.0. The zero-order valence-electron chi connectivity index (χ0n) is 21.7. The fourth-order valence-corrected chi connectivity index (χ4v) is 4.53. The molecule has 0 N–H and O–H groups in total. The van der Waals surface area contributed by atoms with E-state index in [-0.39, 0.29) is 18.2 Å². The standard InChI is InChI=1S/C31H40O5/c1-4-5-18-25(35-23-24-16-12-11-13-17-24)19-14-9-7-6-8-10-15-20-28-27-21-26(33-2)22-29(34-3)30(27)31(32)36-28/h4,8,10-13,16-17,21-22,25,28H,1,5-7,9,14-15,18-20,23H2,2-3H3/b10-8+. The molecule has 1 aliphatic heterocycles. The molecule has 0 amide bonds. The molecule has 0 saturated carbocycles. The summed E-state index contributed by atoms with van der Waals surface area (Å²) in [7, 11) is 3.16. The second kappa shape index (κ2) is 15.1. The molecule has 2 aromatic carbocycles. The maximum absolute atomic E-state index is 12.3. The van der Waals surface area contributed by atoms with E-state index < -0.39 is 0 Å².